The lowest BCUT2D eigenvalue weighted by Crippen LogP contribution is -2.25. The molecule has 0 aromatic carbocycles. The third kappa shape index (κ3) is 2.65. The standard InChI is InChI=1S/C11H19N3O3/c1-11(4-3-5-16-11)10-13-9(17-14-10)6-8(7-12)15-2/h8H,3-7,12H2,1-2H3. The lowest BCUT2D eigenvalue weighted by Gasteiger charge is -2.17. The van der Waals surface area contributed by atoms with Gasteiger partial charge in [0, 0.05) is 20.3 Å². The fourth-order valence-corrected chi connectivity index (χ4v) is 1.97. The van der Waals surface area contributed by atoms with Gasteiger partial charge in [-0.05, 0) is 19.8 Å². The van der Waals surface area contributed by atoms with Gasteiger partial charge >= 0.3 is 0 Å². The van der Waals surface area contributed by atoms with Crippen molar-refractivity contribution >= 4 is 0 Å². The van der Waals surface area contributed by atoms with Gasteiger partial charge in [-0.2, -0.15) is 4.98 Å². The highest BCUT2D eigenvalue weighted by atomic mass is 16.5. The van der Waals surface area contributed by atoms with E-state index in [1.54, 1.807) is 7.11 Å². The highest BCUT2D eigenvalue weighted by Crippen LogP contribution is 2.33. The molecule has 0 saturated carbocycles. The van der Waals surface area contributed by atoms with Crippen LogP contribution in [-0.4, -0.2) is 36.5 Å². The first-order valence-corrected chi connectivity index (χ1v) is 5.88. The number of aromatic nitrogens is 2. The summed E-state index contributed by atoms with van der Waals surface area (Å²) in [4.78, 5) is 4.36. The second kappa shape index (κ2) is 5.12. The Bertz CT molecular complexity index is 357. The Morgan fingerprint density at radius 3 is 3.00 bits per heavy atom. The van der Waals surface area contributed by atoms with Crippen molar-refractivity contribution in [1.29, 1.82) is 0 Å². The van der Waals surface area contributed by atoms with Crippen LogP contribution in [0.25, 0.3) is 0 Å². The van der Waals surface area contributed by atoms with Crippen molar-refractivity contribution in [3.63, 3.8) is 0 Å². The maximum absolute atomic E-state index is 5.66. The molecule has 0 amide bonds. The van der Waals surface area contributed by atoms with Crippen molar-refractivity contribution in [3.8, 4) is 0 Å². The van der Waals surface area contributed by atoms with Crippen LogP contribution in [0.5, 0.6) is 0 Å². The minimum atomic E-state index is -0.396. The van der Waals surface area contributed by atoms with Gasteiger partial charge in [-0.3, -0.25) is 0 Å². The lowest BCUT2D eigenvalue weighted by atomic mass is 10.0. The zero-order valence-electron chi connectivity index (χ0n) is 10.3. The Hall–Kier alpha value is -0.980. The summed E-state index contributed by atoms with van der Waals surface area (Å²) in [5.41, 5.74) is 5.15. The fourth-order valence-electron chi connectivity index (χ4n) is 1.97. The highest BCUT2D eigenvalue weighted by Gasteiger charge is 2.36. The van der Waals surface area contributed by atoms with Crippen molar-refractivity contribution < 1.29 is 14.0 Å². The van der Waals surface area contributed by atoms with Gasteiger partial charge in [0.1, 0.15) is 5.60 Å². The molecule has 6 nitrogen and oxygen atoms in total. The molecule has 17 heavy (non-hydrogen) atoms. The normalized spacial score (nSPS) is 26.3. The maximum Gasteiger partial charge on any atom is 0.229 e. The quantitative estimate of drug-likeness (QED) is 0.813. The largest absolute Gasteiger partial charge is 0.380 e. The molecular formula is C11H19N3O3. The summed E-state index contributed by atoms with van der Waals surface area (Å²) in [5, 5.41) is 3.98. The number of nitrogens with zero attached hydrogens (tertiary/aromatic N) is 2. The van der Waals surface area contributed by atoms with E-state index in [0.29, 0.717) is 24.7 Å². The number of nitrogens with two attached hydrogens (primary N) is 1. The second-order valence-corrected chi connectivity index (χ2v) is 4.49. The average Bonchev–Trinajstić information content (AvgIpc) is 2.95. The molecule has 1 aliphatic heterocycles. The van der Waals surface area contributed by atoms with Gasteiger partial charge in [-0.1, -0.05) is 5.16 Å². The first kappa shape index (κ1) is 12.5. The van der Waals surface area contributed by atoms with Crippen LogP contribution < -0.4 is 5.73 Å². The highest BCUT2D eigenvalue weighted by molar-refractivity contribution is 5.02. The molecule has 0 aliphatic carbocycles. The SMILES string of the molecule is COC(CN)Cc1nc(C2(C)CCCO2)no1. The topological polar surface area (TPSA) is 83.4 Å². The first-order valence-electron chi connectivity index (χ1n) is 5.88. The number of ether oxygens (including phenoxy) is 2. The molecule has 2 N–H and O–H groups in total. The molecule has 96 valence electrons. The van der Waals surface area contributed by atoms with Crippen LogP contribution in [-0.2, 0) is 21.5 Å². The van der Waals surface area contributed by atoms with Crippen LogP contribution in [0.1, 0.15) is 31.5 Å². The number of hydrogen-bond donors (Lipinski definition) is 1. The smallest absolute Gasteiger partial charge is 0.229 e. The van der Waals surface area contributed by atoms with E-state index in [-0.39, 0.29) is 6.10 Å². The Labute approximate surface area is 100 Å². The molecule has 1 aromatic heterocycles. The molecule has 6 heteroatoms. The summed E-state index contributed by atoms with van der Waals surface area (Å²) in [7, 11) is 1.62. The van der Waals surface area contributed by atoms with Gasteiger partial charge in [0.05, 0.1) is 12.5 Å². The van der Waals surface area contributed by atoms with E-state index in [2.05, 4.69) is 10.1 Å². The molecule has 1 aromatic rings. The average molecular weight is 241 g/mol. The first-order chi connectivity index (χ1) is 8.18. The Balaban J connectivity index is 2.05. The molecule has 0 bridgehead atoms. The van der Waals surface area contributed by atoms with E-state index in [1.807, 2.05) is 6.92 Å². The van der Waals surface area contributed by atoms with Gasteiger partial charge in [0.15, 0.2) is 0 Å². The predicted molar refractivity (Wildman–Crippen MR) is 60.4 cm³/mol. The molecule has 1 saturated heterocycles. The van der Waals surface area contributed by atoms with Crippen molar-refractivity contribution in [2.24, 2.45) is 5.73 Å². The fraction of sp³-hybridized carbons (Fsp3) is 0.818. The van der Waals surface area contributed by atoms with Gasteiger partial charge in [0.2, 0.25) is 11.7 Å². The van der Waals surface area contributed by atoms with Gasteiger partial charge in [-0.15, -0.1) is 0 Å². The van der Waals surface area contributed by atoms with Crippen LogP contribution in [0, 0.1) is 0 Å². The molecule has 0 radical (unpaired) electrons. The molecule has 2 unspecified atom stereocenters. The van der Waals surface area contributed by atoms with E-state index >= 15 is 0 Å². The van der Waals surface area contributed by atoms with Crippen molar-refractivity contribution in [3.05, 3.63) is 11.7 Å². The molecule has 1 aliphatic rings. The number of methoxy groups -OCH3 is 1. The Kier molecular flexibility index (Phi) is 3.76. The van der Waals surface area contributed by atoms with Crippen molar-refractivity contribution in [1.82, 2.24) is 10.1 Å². The Morgan fingerprint density at radius 2 is 2.41 bits per heavy atom. The van der Waals surface area contributed by atoms with Gasteiger partial charge in [0.25, 0.3) is 0 Å². The van der Waals surface area contributed by atoms with Gasteiger partial charge < -0.3 is 19.7 Å². The van der Waals surface area contributed by atoms with E-state index in [0.717, 1.165) is 19.4 Å². The van der Waals surface area contributed by atoms with Crippen molar-refractivity contribution in [2.45, 2.75) is 37.9 Å². The molecule has 0 spiro atoms. The maximum atomic E-state index is 5.66. The zero-order valence-corrected chi connectivity index (χ0v) is 10.3. The number of hydrogen-bond acceptors (Lipinski definition) is 6. The van der Waals surface area contributed by atoms with Crippen LogP contribution in [0.2, 0.25) is 0 Å². The van der Waals surface area contributed by atoms with Crippen molar-refractivity contribution in [2.75, 3.05) is 20.3 Å². The van der Waals surface area contributed by atoms with Crippen LogP contribution in [0.15, 0.2) is 4.52 Å². The Morgan fingerprint density at radius 1 is 1.59 bits per heavy atom. The van der Waals surface area contributed by atoms with Crippen LogP contribution in [0.4, 0.5) is 0 Å². The summed E-state index contributed by atoms with van der Waals surface area (Å²) in [5.74, 6) is 1.17. The van der Waals surface area contributed by atoms with E-state index < -0.39 is 5.60 Å². The van der Waals surface area contributed by atoms with Crippen LogP contribution >= 0.6 is 0 Å². The summed E-state index contributed by atoms with van der Waals surface area (Å²) < 4.78 is 16.0. The summed E-state index contributed by atoms with van der Waals surface area (Å²) in [6, 6.07) is 0. The predicted octanol–water partition coefficient (Wildman–Crippen LogP) is 0.611. The molecule has 2 atom stereocenters. The number of rotatable bonds is 5. The lowest BCUT2D eigenvalue weighted by molar-refractivity contribution is 0.00768. The minimum absolute atomic E-state index is 0.0828. The second-order valence-electron chi connectivity index (χ2n) is 4.49. The minimum Gasteiger partial charge on any atom is -0.380 e. The monoisotopic (exact) mass is 241 g/mol. The molecule has 2 rings (SSSR count). The van der Waals surface area contributed by atoms with E-state index in [4.69, 9.17) is 19.7 Å². The van der Waals surface area contributed by atoms with Gasteiger partial charge in [-0.25, -0.2) is 0 Å². The van der Waals surface area contributed by atoms with E-state index in [1.165, 1.54) is 0 Å². The molecule has 1 fully saturated rings. The van der Waals surface area contributed by atoms with Crippen LogP contribution in [0.3, 0.4) is 0 Å². The van der Waals surface area contributed by atoms with E-state index in [9.17, 15) is 0 Å². The summed E-state index contributed by atoms with van der Waals surface area (Å²) in [6.45, 7) is 3.18. The summed E-state index contributed by atoms with van der Waals surface area (Å²) >= 11 is 0. The molecular weight excluding hydrogens is 222 g/mol. The summed E-state index contributed by atoms with van der Waals surface area (Å²) in [6.07, 6.45) is 2.41. The zero-order chi connectivity index (χ0) is 12.3. The third-order valence-corrected chi connectivity index (χ3v) is 3.16. The molecule has 2 heterocycles. The third-order valence-electron chi connectivity index (χ3n) is 3.16.